The fourth-order valence-electron chi connectivity index (χ4n) is 8.03. The molecule has 0 aliphatic heterocycles. The Balaban J connectivity index is 1.20. The number of nitriles is 2. The topological polar surface area (TPSA) is 73.4 Å². The molecule has 0 saturated carbocycles. The maximum Gasteiger partial charge on any atom is 0.177 e. The number of nitrogens with zero attached hydrogens (tertiary/aromatic N) is 4. The highest BCUT2D eigenvalue weighted by atomic mass is 14.9. The van der Waals surface area contributed by atoms with Crippen LogP contribution in [0, 0.1) is 22.7 Å². The first-order valence-electron chi connectivity index (χ1n) is 20.4. The molecule has 0 atom stereocenters. The molecule has 4 nitrogen and oxygen atoms in total. The minimum Gasteiger partial charge on any atom is -0.232 e. The summed E-state index contributed by atoms with van der Waals surface area (Å²) in [5, 5.41) is 20.3. The second-order valence-corrected chi connectivity index (χ2v) is 14.7. The Morgan fingerprint density at radius 3 is 0.645 bits per heavy atom. The predicted molar refractivity (Wildman–Crippen MR) is 251 cm³/mol. The van der Waals surface area contributed by atoms with Gasteiger partial charge in [0.2, 0.25) is 0 Å². The van der Waals surface area contributed by atoms with E-state index in [-0.39, 0.29) is 11.4 Å². The lowest BCUT2D eigenvalue weighted by atomic mass is 9.85. The molecule has 4 heteroatoms. The lowest BCUT2D eigenvalue weighted by Crippen LogP contribution is -2.02. The first-order chi connectivity index (χ1) is 30.7. The maximum absolute atomic E-state index is 10.1. The van der Waals surface area contributed by atoms with Gasteiger partial charge in [0, 0.05) is 11.1 Å². The molecular weight excluding hydrogens is 753 g/mol. The van der Waals surface area contributed by atoms with Gasteiger partial charge in [0.25, 0.3) is 0 Å². The van der Waals surface area contributed by atoms with Crippen molar-refractivity contribution < 1.29 is 0 Å². The Hall–Kier alpha value is -8.70. The third kappa shape index (κ3) is 8.01. The van der Waals surface area contributed by atoms with Crippen molar-refractivity contribution in [2.75, 3.05) is 0 Å². The van der Waals surface area contributed by atoms with Crippen molar-refractivity contribution in [1.29, 1.82) is 10.5 Å². The second kappa shape index (κ2) is 18.1. The second-order valence-electron chi connectivity index (χ2n) is 14.7. The van der Waals surface area contributed by atoms with Gasteiger partial charge in [-0.25, -0.2) is 9.97 Å². The summed E-state index contributed by atoms with van der Waals surface area (Å²) >= 11 is 0. The normalized spacial score (nSPS) is 10.5. The zero-order chi connectivity index (χ0) is 42.1. The molecule has 9 aromatic rings. The van der Waals surface area contributed by atoms with E-state index in [9.17, 15) is 10.5 Å². The molecule has 0 bridgehead atoms. The molecule has 0 N–H and O–H groups in total. The summed E-state index contributed by atoms with van der Waals surface area (Å²) in [7, 11) is 0. The van der Waals surface area contributed by atoms with Crippen LogP contribution < -0.4 is 0 Å². The Morgan fingerprint density at radius 1 is 0.258 bits per heavy atom. The molecule has 0 aliphatic rings. The van der Waals surface area contributed by atoms with Gasteiger partial charge >= 0.3 is 0 Å². The van der Waals surface area contributed by atoms with E-state index in [0.29, 0.717) is 11.4 Å². The highest BCUT2D eigenvalue weighted by Crippen LogP contribution is 2.40. The van der Waals surface area contributed by atoms with E-state index < -0.39 is 0 Å². The van der Waals surface area contributed by atoms with Gasteiger partial charge < -0.3 is 0 Å². The number of aromatic nitrogens is 2. The number of hydrogen-bond donors (Lipinski definition) is 0. The number of benzene rings is 8. The van der Waals surface area contributed by atoms with Crippen LogP contribution in [0.25, 0.3) is 44.8 Å². The average Bonchev–Trinajstić information content (AvgIpc) is 3.36. The van der Waals surface area contributed by atoms with E-state index >= 15 is 0 Å². The summed E-state index contributed by atoms with van der Waals surface area (Å²) in [5.74, 6) is 0. The molecule has 0 saturated heterocycles. The van der Waals surface area contributed by atoms with E-state index in [1.165, 1.54) is 0 Å². The first-order valence-corrected chi connectivity index (χ1v) is 20.4. The van der Waals surface area contributed by atoms with Gasteiger partial charge in [-0.1, -0.05) is 231 Å². The van der Waals surface area contributed by atoms with Gasteiger partial charge in [0.15, 0.2) is 11.4 Å². The molecular formula is C58H38N4. The Labute approximate surface area is 362 Å². The monoisotopic (exact) mass is 790 g/mol. The van der Waals surface area contributed by atoms with E-state index in [4.69, 9.17) is 9.97 Å². The predicted octanol–water partition coefficient (Wildman–Crippen LogP) is 13.6. The molecule has 1 aromatic heterocycles. The van der Waals surface area contributed by atoms with Crippen LogP contribution in [0.1, 0.15) is 55.9 Å². The summed E-state index contributed by atoms with van der Waals surface area (Å²) in [6, 6.07) is 83.5. The van der Waals surface area contributed by atoms with Crippen LogP contribution in [0.2, 0.25) is 0 Å². The fraction of sp³-hybridized carbons (Fsp3) is 0. The highest BCUT2D eigenvalue weighted by Gasteiger charge is 2.21. The lowest BCUT2D eigenvalue weighted by molar-refractivity contribution is 1.14. The molecule has 0 radical (unpaired) electrons. The zero-order valence-corrected chi connectivity index (χ0v) is 33.7. The quantitative estimate of drug-likeness (QED) is 0.129. The van der Waals surface area contributed by atoms with Gasteiger partial charge in [-0.05, 0) is 66.8 Å². The molecule has 1 heterocycles. The van der Waals surface area contributed by atoms with E-state index in [0.717, 1.165) is 77.9 Å². The first kappa shape index (κ1) is 38.8. The Kier molecular flexibility index (Phi) is 11.3. The fourth-order valence-corrected chi connectivity index (χ4v) is 8.03. The summed E-state index contributed by atoms with van der Waals surface area (Å²) in [4.78, 5) is 9.63. The number of rotatable bonds is 10. The van der Waals surface area contributed by atoms with Crippen LogP contribution in [-0.2, 0) is 0 Å². The summed E-state index contributed by atoms with van der Waals surface area (Å²) < 4.78 is 0. The molecule has 0 spiro atoms. The maximum atomic E-state index is 10.1. The minimum atomic E-state index is -0.0167. The van der Waals surface area contributed by atoms with Crippen LogP contribution in [0.4, 0.5) is 0 Å². The summed E-state index contributed by atoms with van der Waals surface area (Å²) in [5.41, 5.74) is 15.6. The van der Waals surface area contributed by atoms with Crippen molar-refractivity contribution >= 4 is 22.3 Å². The number of hydrogen-bond acceptors (Lipinski definition) is 4. The van der Waals surface area contributed by atoms with Crippen LogP contribution in [-0.4, -0.2) is 9.97 Å². The molecule has 0 unspecified atom stereocenters. The Bertz CT molecular complexity index is 2810. The van der Waals surface area contributed by atoms with Crippen LogP contribution in [0.3, 0.4) is 0 Å². The molecule has 0 aliphatic carbocycles. The van der Waals surface area contributed by atoms with Crippen molar-refractivity contribution in [3.8, 4) is 34.7 Å². The van der Waals surface area contributed by atoms with Crippen molar-refractivity contribution in [3.63, 3.8) is 0 Å². The van der Waals surface area contributed by atoms with Gasteiger partial charge in [0.1, 0.15) is 12.1 Å². The molecule has 8 aromatic carbocycles. The standard InChI is InChI=1S/C58H38N4/c59-39-51-52(40-60)62-58(50-37-33-48(34-38-50)56(46-29-17-6-18-30-46)54(43-23-11-3-12-24-43)44-25-13-4-14-26-44)57(61-51)49-35-31-47(32-36-49)55(45-27-15-5-16-28-45)53(41-19-7-1-8-20-41)42-21-9-2-10-22-42/h1-38H. The molecule has 62 heavy (non-hydrogen) atoms. The van der Waals surface area contributed by atoms with E-state index in [1.54, 1.807) is 0 Å². The van der Waals surface area contributed by atoms with Crippen molar-refractivity contribution in [2.45, 2.75) is 0 Å². The van der Waals surface area contributed by atoms with Crippen LogP contribution in [0.5, 0.6) is 0 Å². The largest absolute Gasteiger partial charge is 0.232 e. The third-order valence-corrected chi connectivity index (χ3v) is 10.9. The summed E-state index contributed by atoms with van der Waals surface area (Å²) in [6.45, 7) is 0. The molecule has 0 fully saturated rings. The van der Waals surface area contributed by atoms with Crippen molar-refractivity contribution in [3.05, 3.63) is 286 Å². The van der Waals surface area contributed by atoms with Crippen molar-refractivity contribution in [2.24, 2.45) is 0 Å². The molecule has 290 valence electrons. The lowest BCUT2D eigenvalue weighted by Gasteiger charge is -2.19. The van der Waals surface area contributed by atoms with Gasteiger partial charge in [-0.15, -0.1) is 0 Å². The average molecular weight is 791 g/mol. The Morgan fingerprint density at radius 2 is 0.452 bits per heavy atom. The highest BCUT2D eigenvalue weighted by molar-refractivity contribution is 6.06. The molecule has 9 rings (SSSR count). The van der Waals surface area contributed by atoms with Crippen molar-refractivity contribution in [1.82, 2.24) is 9.97 Å². The van der Waals surface area contributed by atoms with E-state index in [1.807, 2.05) is 60.7 Å². The van der Waals surface area contributed by atoms with Gasteiger partial charge in [-0.2, -0.15) is 10.5 Å². The van der Waals surface area contributed by atoms with Gasteiger partial charge in [0.05, 0.1) is 11.4 Å². The van der Waals surface area contributed by atoms with Crippen LogP contribution >= 0.6 is 0 Å². The smallest absolute Gasteiger partial charge is 0.177 e. The third-order valence-electron chi connectivity index (χ3n) is 10.9. The minimum absolute atomic E-state index is 0.0167. The zero-order valence-electron chi connectivity index (χ0n) is 33.7. The summed E-state index contributed by atoms with van der Waals surface area (Å²) in [6.07, 6.45) is 0. The van der Waals surface area contributed by atoms with Crippen LogP contribution in [0.15, 0.2) is 231 Å². The van der Waals surface area contributed by atoms with E-state index in [2.05, 4.69) is 182 Å². The molecule has 0 amide bonds. The van der Waals surface area contributed by atoms with Gasteiger partial charge in [-0.3, -0.25) is 0 Å². The SMILES string of the molecule is N#Cc1nc(-c2ccc(C(=C(c3ccccc3)c3ccccc3)c3ccccc3)cc2)c(-c2ccc(C(=C(c3ccccc3)c3ccccc3)c3ccccc3)cc2)nc1C#N.